The highest BCUT2D eigenvalue weighted by Crippen LogP contribution is 2.22. The Morgan fingerprint density at radius 2 is 1.41 bits per heavy atom. The molecule has 0 unspecified atom stereocenters. The highest BCUT2D eigenvalue weighted by molar-refractivity contribution is 7.99. The van der Waals surface area contributed by atoms with Gasteiger partial charge in [0.05, 0.1) is 18.1 Å². The number of esters is 1. The van der Waals surface area contributed by atoms with E-state index in [1.165, 1.54) is 11.1 Å². The number of aryl methyl sites for hydroxylation is 2. The number of rotatable bonds is 7. The highest BCUT2D eigenvalue weighted by atomic mass is 32.2. The van der Waals surface area contributed by atoms with E-state index in [4.69, 9.17) is 9.47 Å². The summed E-state index contributed by atoms with van der Waals surface area (Å²) in [6, 6.07) is 23.1. The Hall–Kier alpha value is -2.56. The van der Waals surface area contributed by atoms with E-state index >= 15 is 0 Å². The summed E-state index contributed by atoms with van der Waals surface area (Å²) < 4.78 is 11.1. The molecule has 0 radical (unpaired) electrons. The lowest BCUT2D eigenvalue weighted by atomic mass is 10.1. The molecule has 0 aliphatic carbocycles. The Morgan fingerprint density at radius 1 is 0.815 bits per heavy atom. The van der Waals surface area contributed by atoms with Gasteiger partial charge in [0, 0.05) is 4.90 Å². The quantitative estimate of drug-likeness (QED) is 0.171. The number of carbonyl (C=O) groups is 1. The summed E-state index contributed by atoms with van der Waals surface area (Å²) in [5.41, 5.74) is 4.07. The van der Waals surface area contributed by atoms with E-state index in [1.54, 1.807) is 36.0 Å². The van der Waals surface area contributed by atoms with E-state index in [-0.39, 0.29) is 5.97 Å². The van der Waals surface area contributed by atoms with Gasteiger partial charge in [-0.05, 0) is 55.8 Å². The molecular weight excluding hydrogens is 356 g/mol. The SMILES string of the molecule is Cc1ccc(COCSc2ccc(OC(=O)c3ccc(C)cc3)cc2)cc1. The zero-order valence-electron chi connectivity index (χ0n) is 15.5. The smallest absolute Gasteiger partial charge is 0.343 e. The van der Waals surface area contributed by atoms with E-state index < -0.39 is 0 Å². The largest absolute Gasteiger partial charge is 0.423 e. The summed E-state index contributed by atoms with van der Waals surface area (Å²) in [6.45, 7) is 4.65. The van der Waals surface area contributed by atoms with Crippen molar-refractivity contribution in [3.05, 3.63) is 95.1 Å². The van der Waals surface area contributed by atoms with Gasteiger partial charge in [-0.1, -0.05) is 59.3 Å². The zero-order valence-corrected chi connectivity index (χ0v) is 16.3. The standard InChI is InChI=1S/C23H22O3S/c1-17-3-7-19(8-4-17)15-25-16-27-22-13-11-21(12-14-22)26-23(24)20-9-5-18(2)6-10-20/h3-14H,15-16H2,1-2H3. The molecular formula is C23H22O3S. The zero-order chi connectivity index (χ0) is 19.1. The first-order valence-electron chi connectivity index (χ1n) is 8.75. The van der Waals surface area contributed by atoms with Crippen LogP contribution in [0.4, 0.5) is 0 Å². The van der Waals surface area contributed by atoms with Crippen molar-refractivity contribution in [2.24, 2.45) is 0 Å². The Labute approximate surface area is 164 Å². The van der Waals surface area contributed by atoms with Crippen LogP contribution in [-0.2, 0) is 11.3 Å². The van der Waals surface area contributed by atoms with Crippen LogP contribution in [0.1, 0.15) is 27.0 Å². The van der Waals surface area contributed by atoms with Crippen molar-refractivity contribution >= 4 is 17.7 Å². The van der Waals surface area contributed by atoms with Crippen molar-refractivity contribution in [2.75, 3.05) is 5.94 Å². The lowest BCUT2D eigenvalue weighted by Gasteiger charge is -2.07. The summed E-state index contributed by atoms with van der Waals surface area (Å²) in [7, 11) is 0. The lowest BCUT2D eigenvalue weighted by molar-refractivity contribution is 0.0734. The van der Waals surface area contributed by atoms with Crippen molar-refractivity contribution in [3.8, 4) is 5.75 Å². The Morgan fingerprint density at radius 3 is 2.04 bits per heavy atom. The molecule has 0 aliphatic heterocycles. The normalized spacial score (nSPS) is 10.6. The average Bonchev–Trinajstić information content (AvgIpc) is 2.68. The van der Waals surface area contributed by atoms with Crippen LogP contribution in [0.2, 0.25) is 0 Å². The second kappa shape index (κ2) is 9.40. The van der Waals surface area contributed by atoms with E-state index in [0.29, 0.717) is 23.9 Å². The van der Waals surface area contributed by atoms with Crippen LogP contribution in [0.5, 0.6) is 5.75 Å². The fourth-order valence-corrected chi connectivity index (χ4v) is 3.04. The van der Waals surface area contributed by atoms with Crippen LogP contribution in [0.25, 0.3) is 0 Å². The van der Waals surface area contributed by atoms with Gasteiger partial charge in [0.25, 0.3) is 0 Å². The van der Waals surface area contributed by atoms with Gasteiger partial charge in [0.1, 0.15) is 5.75 Å². The molecule has 3 aromatic carbocycles. The first-order valence-corrected chi connectivity index (χ1v) is 9.74. The third-order valence-corrected chi connectivity index (χ3v) is 4.91. The molecule has 0 fully saturated rings. The van der Waals surface area contributed by atoms with Crippen LogP contribution < -0.4 is 4.74 Å². The minimum atomic E-state index is -0.350. The Balaban J connectivity index is 1.45. The molecule has 0 amide bonds. The second-order valence-electron chi connectivity index (χ2n) is 6.32. The average molecular weight is 378 g/mol. The summed E-state index contributed by atoms with van der Waals surface area (Å²) in [4.78, 5) is 13.2. The van der Waals surface area contributed by atoms with Crippen molar-refractivity contribution in [1.29, 1.82) is 0 Å². The Bertz CT molecular complexity index is 869. The van der Waals surface area contributed by atoms with E-state index in [2.05, 4.69) is 31.2 Å². The summed E-state index contributed by atoms with van der Waals surface area (Å²) in [5, 5.41) is 0. The molecule has 0 saturated carbocycles. The van der Waals surface area contributed by atoms with Gasteiger partial charge >= 0.3 is 5.97 Å². The minimum absolute atomic E-state index is 0.350. The van der Waals surface area contributed by atoms with Gasteiger partial charge in [-0.15, -0.1) is 0 Å². The van der Waals surface area contributed by atoms with Crippen molar-refractivity contribution in [2.45, 2.75) is 25.3 Å². The molecule has 3 aromatic rings. The van der Waals surface area contributed by atoms with Crippen LogP contribution >= 0.6 is 11.8 Å². The first kappa shape index (κ1) is 19.2. The molecule has 0 bridgehead atoms. The maximum Gasteiger partial charge on any atom is 0.343 e. The molecule has 3 rings (SSSR count). The molecule has 0 aromatic heterocycles. The third kappa shape index (κ3) is 5.98. The topological polar surface area (TPSA) is 35.5 Å². The predicted molar refractivity (Wildman–Crippen MR) is 109 cm³/mol. The van der Waals surface area contributed by atoms with Gasteiger partial charge in [-0.25, -0.2) is 4.79 Å². The third-order valence-electron chi connectivity index (χ3n) is 4.02. The number of hydrogen-bond acceptors (Lipinski definition) is 4. The molecule has 0 atom stereocenters. The monoisotopic (exact) mass is 378 g/mol. The lowest BCUT2D eigenvalue weighted by Crippen LogP contribution is -2.08. The predicted octanol–water partition coefficient (Wildman–Crippen LogP) is 5.79. The molecule has 0 aliphatic rings. The van der Waals surface area contributed by atoms with Crippen LogP contribution in [0.15, 0.2) is 77.7 Å². The molecule has 4 heteroatoms. The molecule has 0 heterocycles. The summed E-state index contributed by atoms with van der Waals surface area (Å²) in [5.74, 6) is 0.749. The Kier molecular flexibility index (Phi) is 6.69. The number of carbonyl (C=O) groups excluding carboxylic acids is 1. The van der Waals surface area contributed by atoms with E-state index in [9.17, 15) is 4.79 Å². The van der Waals surface area contributed by atoms with Gasteiger partial charge in [0.15, 0.2) is 0 Å². The molecule has 27 heavy (non-hydrogen) atoms. The molecule has 3 nitrogen and oxygen atoms in total. The maximum absolute atomic E-state index is 12.1. The summed E-state index contributed by atoms with van der Waals surface area (Å²) >= 11 is 1.61. The van der Waals surface area contributed by atoms with Gasteiger partial charge in [-0.3, -0.25) is 0 Å². The highest BCUT2D eigenvalue weighted by Gasteiger charge is 2.08. The summed E-state index contributed by atoms with van der Waals surface area (Å²) in [6.07, 6.45) is 0. The van der Waals surface area contributed by atoms with E-state index in [1.807, 2.05) is 31.2 Å². The number of benzene rings is 3. The van der Waals surface area contributed by atoms with Gasteiger partial charge < -0.3 is 9.47 Å². The first-order chi connectivity index (χ1) is 13.1. The second-order valence-corrected chi connectivity index (χ2v) is 7.32. The van der Waals surface area contributed by atoms with Gasteiger partial charge in [-0.2, -0.15) is 0 Å². The van der Waals surface area contributed by atoms with Crippen molar-refractivity contribution in [1.82, 2.24) is 0 Å². The minimum Gasteiger partial charge on any atom is -0.423 e. The molecule has 138 valence electrons. The number of thioether (sulfide) groups is 1. The fourth-order valence-electron chi connectivity index (χ4n) is 2.41. The van der Waals surface area contributed by atoms with Crippen LogP contribution in [-0.4, -0.2) is 11.9 Å². The fraction of sp³-hybridized carbons (Fsp3) is 0.174. The number of hydrogen-bond donors (Lipinski definition) is 0. The molecule has 0 spiro atoms. The van der Waals surface area contributed by atoms with Crippen molar-refractivity contribution in [3.63, 3.8) is 0 Å². The van der Waals surface area contributed by atoms with Crippen molar-refractivity contribution < 1.29 is 14.3 Å². The van der Waals surface area contributed by atoms with Gasteiger partial charge in [0.2, 0.25) is 0 Å². The van der Waals surface area contributed by atoms with Crippen LogP contribution in [0, 0.1) is 13.8 Å². The number of ether oxygens (including phenoxy) is 2. The molecule has 0 N–H and O–H groups in total. The molecule has 0 saturated heterocycles. The maximum atomic E-state index is 12.1. The van der Waals surface area contributed by atoms with E-state index in [0.717, 1.165) is 10.5 Å². The van der Waals surface area contributed by atoms with Crippen LogP contribution in [0.3, 0.4) is 0 Å².